The van der Waals surface area contributed by atoms with Crippen molar-refractivity contribution >= 4 is 23.4 Å². The van der Waals surface area contributed by atoms with Gasteiger partial charge in [-0.1, -0.05) is 12.1 Å². The first-order chi connectivity index (χ1) is 14.1. The number of amides is 1. The summed E-state index contributed by atoms with van der Waals surface area (Å²) in [5.74, 6) is 1.62. The lowest BCUT2D eigenvalue weighted by Gasteiger charge is -2.18. The van der Waals surface area contributed by atoms with Gasteiger partial charge >= 0.3 is 0 Å². The highest BCUT2D eigenvalue weighted by Gasteiger charge is 2.17. The molecule has 0 spiro atoms. The summed E-state index contributed by atoms with van der Waals surface area (Å²) >= 11 is 0. The van der Waals surface area contributed by atoms with Crippen LogP contribution < -0.4 is 14.8 Å². The van der Waals surface area contributed by atoms with E-state index in [2.05, 4.69) is 5.32 Å². The molecule has 8 heteroatoms. The first kappa shape index (κ1) is 18.3. The standard InChI is InChI=1S/C21H16N2O6/c24-21(22-14-5-8-19-20(13-14)28-12-11-27-19)10-7-15-6-9-18(29-15)16-3-1-2-4-17(16)23(25)26/h1-10,13H,11-12H2,(H,22,24)/b10-7+. The van der Waals surface area contributed by atoms with Gasteiger partial charge in [0.15, 0.2) is 11.5 Å². The van der Waals surface area contributed by atoms with Crippen LogP contribution in [0.3, 0.4) is 0 Å². The van der Waals surface area contributed by atoms with Crippen molar-refractivity contribution in [1.82, 2.24) is 0 Å². The van der Waals surface area contributed by atoms with Crippen molar-refractivity contribution in [3.8, 4) is 22.8 Å². The topological polar surface area (TPSA) is 104 Å². The fourth-order valence-corrected chi connectivity index (χ4v) is 2.89. The Morgan fingerprint density at radius 2 is 1.83 bits per heavy atom. The molecule has 0 saturated heterocycles. The van der Waals surface area contributed by atoms with E-state index in [9.17, 15) is 14.9 Å². The monoisotopic (exact) mass is 392 g/mol. The zero-order valence-electron chi connectivity index (χ0n) is 15.2. The van der Waals surface area contributed by atoms with Gasteiger partial charge in [0.25, 0.3) is 5.69 Å². The predicted molar refractivity (Wildman–Crippen MR) is 106 cm³/mol. The minimum atomic E-state index is -0.464. The van der Waals surface area contributed by atoms with Crippen LogP contribution in [-0.4, -0.2) is 24.0 Å². The molecule has 1 aromatic heterocycles. The summed E-state index contributed by atoms with van der Waals surface area (Å²) in [6, 6.07) is 14.7. The van der Waals surface area contributed by atoms with Gasteiger partial charge in [0.2, 0.25) is 5.91 Å². The summed E-state index contributed by atoms with van der Waals surface area (Å²) in [6.45, 7) is 0.962. The minimum absolute atomic E-state index is 0.0475. The molecule has 2 aromatic carbocycles. The van der Waals surface area contributed by atoms with Crippen molar-refractivity contribution in [2.75, 3.05) is 18.5 Å². The molecule has 4 rings (SSSR count). The smallest absolute Gasteiger partial charge is 0.280 e. The lowest BCUT2D eigenvalue weighted by molar-refractivity contribution is -0.384. The lowest BCUT2D eigenvalue weighted by Crippen LogP contribution is -2.16. The van der Waals surface area contributed by atoms with E-state index in [0.29, 0.717) is 47.5 Å². The summed E-state index contributed by atoms with van der Waals surface area (Å²) in [5.41, 5.74) is 0.899. The van der Waals surface area contributed by atoms with Gasteiger partial charge in [-0.3, -0.25) is 14.9 Å². The molecule has 146 valence electrons. The van der Waals surface area contributed by atoms with Crippen molar-refractivity contribution in [3.63, 3.8) is 0 Å². The number of benzene rings is 2. The third kappa shape index (κ3) is 4.11. The van der Waals surface area contributed by atoms with Gasteiger partial charge in [0.1, 0.15) is 24.7 Å². The number of anilines is 1. The van der Waals surface area contributed by atoms with E-state index in [1.54, 1.807) is 48.5 Å². The van der Waals surface area contributed by atoms with Crippen LogP contribution in [0.2, 0.25) is 0 Å². The van der Waals surface area contributed by atoms with E-state index in [-0.39, 0.29) is 11.6 Å². The third-order valence-corrected chi connectivity index (χ3v) is 4.20. The highest BCUT2D eigenvalue weighted by molar-refractivity contribution is 6.02. The van der Waals surface area contributed by atoms with Gasteiger partial charge in [-0.05, 0) is 36.4 Å². The largest absolute Gasteiger partial charge is 0.486 e. The van der Waals surface area contributed by atoms with Crippen LogP contribution in [-0.2, 0) is 4.79 Å². The van der Waals surface area contributed by atoms with Gasteiger partial charge in [0.05, 0.1) is 10.5 Å². The summed E-state index contributed by atoms with van der Waals surface area (Å²) < 4.78 is 16.6. The van der Waals surface area contributed by atoms with E-state index in [0.717, 1.165) is 0 Å². The Balaban J connectivity index is 1.45. The SMILES string of the molecule is O=C(/C=C/c1ccc(-c2ccccc2[N+](=O)[O-])o1)Nc1ccc2c(c1)OCCO2. The van der Waals surface area contributed by atoms with E-state index < -0.39 is 4.92 Å². The van der Waals surface area contributed by atoms with Crippen molar-refractivity contribution in [2.45, 2.75) is 0 Å². The molecule has 0 saturated carbocycles. The molecule has 0 fully saturated rings. The zero-order valence-corrected chi connectivity index (χ0v) is 15.2. The summed E-state index contributed by atoms with van der Waals surface area (Å²) in [5, 5.41) is 13.9. The van der Waals surface area contributed by atoms with Crippen LogP contribution in [0, 0.1) is 10.1 Å². The summed E-state index contributed by atoms with van der Waals surface area (Å²) in [6.07, 6.45) is 2.81. The number of carbonyl (C=O) groups is 1. The molecule has 8 nitrogen and oxygen atoms in total. The van der Waals surface area contributed by atoms with Gasteiger partial charge in [-0.15, -0.1) is 0 Å². The molecule has 0 bridgehead atoms. The molecule has 1 N–H and O–H groups in total. The van der Waals surface area contributed by atoms with Crippen LogP contribution in [0.5, 0.6) is 11.5 Å². The Kier molecular flexibility index (Phi) is 4.98. The maximum atomic E-state index is 12.2. The highest BCUT2D eigenvalue weighted by atomic mass is 16.6. The molecule has 2 heterocycles. The molecule has 1 aliphatic heterocycles. The van der Waals surface area contributed by atoms with Crippen molar-refractivity contribution < 1.29 is 23.6 Å². The van der Waals surface area contributed by atoms with E-state index in [1.165, 1.54) is 18.2 Å². The number of nitro groups is 1. The van der Waals surface area contributed by atoms with Gasteiger partial charge in [-0.2, -0.15) is 0 Å². The second-order valence-electron chi connectivity index (χ2n) is 6.16. The first-order valence-corrected chi connectivity index (χ1v) is 8.82. The molecule has 1 amide bonds. The molecule has 29 heavy (non-hydrogen) atoms. The van der Waals surface area contributed by atoms with Crippen LogP contribution in [0.15, 0.2) is 65.1 Å². The van der Waals surface area contributed by atoms with Crippen LogP contribution in [0.1, 0.15) is 5.76 Å². The molecule has 0 atom stereocenters. The average molecular weight is 392 g/mol. The van der Waals surface area contributed by atoms with Gasteiger partial charge in [-0.25, -0.2) is 0 Å². The number of nitrogens with zero attached hydrogens (tertiary/aromatic N) is 1. The lowest BCUT2D eigenvalue weighted by atomic mass is 10.1. The number of rotatable bonds is 5. The maximum Gasteiger partial charge on any atom is 0.280 e. The number of fused-ring (bicyclic) bond motifs is 1. The number of hydrogen-bond donors (Lipinski definition) is 1. The molecular formula is C21H16N2O6. The first-order valence-electron chi connectivity index (χ1n) is 8.82. The highest BCUT2D eigenvalue weighted by Crippen LogP contribution is 2.33. The molecule has 1 aliphatic rings. The third-order valence-electron chi connectivity index (χ3n) is 4.20. The number of nitrogens with one attached hydrogen (secondary N) is 1. The zero-order chi connectivity index (χ0) is 20.2. The van der Waals surface area contributed by atoms with Crippen LogP contribution in [0.25, 0.3) is 17.4 Å². The Morgan fingerprint density at radius 1 is 1.03 bits per heavy atom. The quantitative estimate of drug-likeness (QED) is 0.395. The van der Waals surface area contributed by atoms with E-state index >= 15 is 0 Å². The Bertz CT molecular complexity index is 1100. The number of hydrogen-bond acceptors (Lipinski definition) is 6. The minimum Gasteiger partial charge on any atom is -0.486 e. The van der Waals surface area contributed by atoms with Gasteiger partial charge < -0.3 is 19.2 Å². The van der Waals surface area contributed by atoms with Crippen molar-refractivity contribution in [2.24, 2.45) is 0 Å². The molecule has 0 unspecified atom stereocenters. The second-order valence-corrected chi connectivity index (χ2v) is 6.16. The number of nitro benzene ring substituents is 1. The summed E-state index contributed by atoms with van der Waals surface area (Å²) in [7, 11) is 0. The van der Waals surface area contributed by atoms with E-state index in [1.807, 2.05) is 0 Å². The summed E-state index contributed by atoms with van der Waals surface area (Å²) in [4.78, 5) is 22.9. The predicted octanol–water partition coefficient (Wildman–Crippen LogP) is 4.28. The van der Waals surface area contributed by atoms with Crippen LogP contribution >= 0.6 is 0 Å². The molecule has 0 radical (unpaired) electrons. The normalized spacial score (nSPS) is 12.7. The Hall–Kier alpha value is -4.07. The van der Waals surface area contributed by atoms with Crippen molar-refractivity contribution in [3.05, 3.63) is 76.5 Å². The van der Waals surface area contributed by atoms with E-state index in [4.69, 9.17) is 13.9 Å². The molecule has 0 aliphatic carbocycles. The number of furan rings is 1. The molecular weight excluding hydrogens is 376 g/mol. The van der Waals surface area contributed by atoms with Crippen molar-refractivity contribution in [1.29, 1.82) is 0 Å². The maximum absolute atomic E-state index is 12.2. The fraction of sp³-hybridized carbons (Fsp3) is 0.0952. The second kappa shape index (κ2) is 7.89. The Labute approximate surface area is 165 Å². The number of para-hydroxylation sites is 1. The Morgan fingerprint density at radius 3 is 2.66 bits per heavy atom. The average Bonchev–Trinajstić information content (AvgIpc) is 3.21. The molecule has 3 aromatic rings. The number of ether oxygens (including phenoxy) is 2. The number of carbonyl (C=O) groups excluding carboxylic acids is 1. The van der Waals surface area contributed by atoms with Crippen LogP contribution in [0.4, 0.5) is 11.4 Å². The van der Waals surface area contributed by atoms with Gasteiger partial charge in [0, 0.05) is 23.9 Å². The fourth-order valence-electron chi connectivity index (χ4n) is 2.89.